The Morgan fingerprint density at radius 3 is 2.60 bits per heavy atom. The zero-order chi connectivity index (χ0) is 14.4. The molecule has 110 valence electrons. The molecule has 0 aromatic heterocycles. The van der Waals surface area contributed by atoms with Crippen LogP contribution in [0.3, 0.4) is 0 Å². The molecule has 1 unspecified atom stereocenters. The van der Waals surface area contributed by atoms with Crippen molar-refractivity contribution in [3.63, 3.8) is 0 Å². The maximum Gasteiger partial charge on any atom is 0.256 e. The first-order valence-electron chi connectivity index (χ1n) is 7.26. The maximum atomic E-state index is 12.5. The summed E-state index contributed by atoms with van der Waals surface area (Å²) in [5.41, 5.74) is 0.914. The molecule has 0 radical (unpaired) electrons. The number of carbonyl (C=O) groups excluding carboxylic acids is 1. The zero-order valence-corrected chi connectivity index (χ0v) is 12.3. The lowest BCUT2D eigenvalue weighted by atomic mass is 9.97. The van der Waals surface area contributed by atoms with Crippen LogP contribution in [0, 0.1) is 5.92 Å². The van der Waals surface area contributed by atoms with Crippen molar-refractivity contribution < 1.29 is 9.53 Å². The third-order valence-corrected chi connectivity index (χ3v) is 3.93. The second-order valence-electron chi connectivity index (χ2n) is 5.44. The molecule has 1 heterocycles. The Morgan fingerprint density at radius 1 is 1.35 bits per heavy atom. The van der Waals surface area contributed by atoms with Gasteiger partial charge in [-0.2, -0.15) is 0 Å². The standard InChI is InChI=1S/C16H24N2O2/c1-18(12-13-8-10-17-11-9-13)16(19)15(20-2)14-6-4-3-5-7-14/h3-7,13,15,17H,8-12H2,1-2H3. The number of methoxy groups -OCH3 is 1. The predicted molar refractivity (Wildman–Crippen MR) is 79.4 cm³/mol. The zero-order valence-electron chi connectivity index (χ0n) is 12.3. The second-order valence-corrected chi connectivity index (χ2v) is 5.44. The van der Waals surface area contributed by atoms with Crippen LogP contribution in [0.1, 0.15) is 24.5 Å². The van der Waals surface area contributed by atoms with Gasteiger partial charge >= 0.3 is 0 Å². The summed E-state index contributed by atoms with van der Waals surface area (Å²) in [5.74, 6) is 0.635. The fraction of sp³-hybridized carbons (Fsp3) is 0.562. The molecule has 20 heavy (non-hydrogen) atoms. The molecule has 2 rings (SSSR count). The lowest BCUT2D eigenvalue weighted by Crippen LogP contribution is -2.39. The lowest BCUT2D eigenvalue weighted by Gasteiger charge is -2.29. The van der Waals surface area contributed by atoms with Crippen LogP contribution >= 0.6 is 0 Å². The van der Waals surface area contributed by atoms with Crippen LogP contribution in [0.25, 0.3) is 0 Å². The Morgan fingerprint density at radius 2 is 2.00 bits per heavy atom. The molecule has 1 atom stereocenters. The summed E-state index contributed by atoms with van der Waals surface area (Å²) in [5, 5.41) is 3.35. The van der Waals surface area contributed by atoms with E-state index in [2.05, 4.69) is 5.32 Å². The third-order valence-electron chi connectivity index (χ3n) is 3.93. The minimum Gasteiger partial charge on any atom is -0.367 e. The molecule has 0 saturated carbocycles. The van der Waals surface area contributed by atoms with Crippen molar-refractivity contribution in [2.75, 3.05) is 33.8 Å². The number of rotatable bonds is 5. The molecule has 1 aromatic carbocycles. The Bertz CT molecular complexity index is 416. The first kappa shape index (κ1) is 15.0. The van der Waals surface area contributed by atoms with E-state index < -0.39 is 6.10 Å². The summed E-state index contributed by atoms with van der Waals surface area (Å²) in [6.45, 7) is 2.92. The van der Waals surface area contributed by atoms with Gasteiger partial charge in [-0.3, -0.25) is 4.79 Å². The molecule has 1 amide bonds. The van der Waals surface area contributed by atoms with Crippen molar-refractivity contribution in [3.05, 3.63) is 35.9 Å². The first-order chi connectivity index (χ1) is 9.72. The predicted octanol–water partition coefficient (Wildman–Crippen LogP) is 1.83. The van der Waals surface area contributed by atoms with E-state index in [4.69, 9.17) is 4.74 Å². The number of amides is 1. The van der Waals surface area contributed by atoms with E-state index in [1.165, 1.54) is 0 Å². The van der Waals surface area contributed by atoms with Gasteiger partial charge in [-0.05, 0) is 37.4 Å². The summed E-state index contributed by atoms with van der Waals surface area (Å²) in [6.07, 6.45) is 1.78. The number of likely N-dealkylation sites (N-methyl/N-ethyl adjacent to an activating group) is 1. The van der Waals surface area contributed by atoms with Gasteiger partial charge in [-0.25, -0.2) is 0 Å². The third kappa shape index (κ3) is 3.81. The largest absolute Gasteiger partial charge is 0.367 e. The van der Waals surface area contributed by atoms with Gasteiger partial charge in [0, 0.05) is 20.7 Å². The van der Waals surface area contributed by atoms with Crippen LogP contribution in [0.2, 0.25) is 0 Å². The highest BCUT2D eigenvalue weighted by Crippen LogP contribution is 2.20. The summed E-state index contributed by atoms with van der Waals surface area (Å²) >= 11 is 0. The minimum atomic E-state index is -0.497. The molecule has 1 fully saturated rings. The average molecular weight is 276 g/mol. The number of nitrogens with one attached hydrogen (secondary N) is 1. The Hall–Kier alpha value is -1.39. The minimum absolute atomic E-state index is 0.0391. The topological polar surface area (TPSA) is 41.6 Å². The van der Waals surface area contributed by atoms with E-state index >= 15 is 0 Å². The monoisotopic (exact) mass is 276 g/mol. The summed E-state index contributed by atoms with van der Waals surface area (Å²) < 4.78 is 5.40. The van der Waals surface area contributed by atoms with Crippen molar-refractivity contribution in [2.45, 2.75) is 18.9 Å². The van der Waals surface area contributed by atoms with Gasteiger partial charge < -0.3 is 15.0 Å². The Kier molecular flexibility index (Phi) is 5.56. The molecule has 1 N–H and O–H groups in total. The van der Waals surface area contributed by atoms with E-state index in [0.29, 0.717) is 5.92 Å². The highest BCUT2D eigenvalue weighted by molar-refractivity contribution is 5.82. The number of carbonyl (C=O) groups is 1. The van der Waals surface area contributed by atoms with Crippen LogP contribution in [-0.4, -0.2) is 44.6 Å². The van der Waals surface area contributed by atoms with E-state index in [0.717, 1.165) is 38.0 Å². The highest BCUT2D eigenvalue weighted by atomic mass is 16.5. The summed E-state index contributed by atoms with van der Waals surface area (Å²) in [7, 11) is 3.47. The molecular formula is C16H24N2O2. The quantitative estimate of drug-likeness (QED) is 0.892. The second kappa shape index (κ2) is 7.41. The van der Waals surface area contributed by atoms with Gasteiger partial charge in [0.25, 0.3) is 5.91 Å². The van der Waals surface area contributed by atoms with Crippen molar-refractivity contribution in [1.82, 2.24) is 10.2 Å². The SMILES string of the molecule is COC(C(=O)N(C)CC1CCNCC1)c1ccccc1. The molecule has 4 heteroatoms. The van der Waals surface area contributed by atoms with Gasteiger partial charge in [0.05, 0.1) is 0 Å². The van der Waals surface area contributed by atoms with Gasteiger partial charge in [0.1, 0.15) is 0 Å². The van der Waals surface area contributed by atoms with E-state index in [-0.39, 0.29) is 5.91 Å². The molecule has 1 aromatic rings. The molecule has 0 bridgehead atoms. The number of benzene rings is 1. The smallest absolute Gasteiger partial charge is 0.256 e. The van der Waals surface area contributed by atoms with Gasteiger partial charge in [0.2, 0.25) is 0 Å². The van der Waals surface area contributed by atoms with Gasteiger partial charge in [0.15, 0.2) is 6.10 Å². The Labute approximate surface area is 121 Å². The number of piperidine rings is 1. The average Bonchev–Trinajstić information content (AvgIpc) is 2.50. The normalized spacial score (nSPS) is 17.7. The fourth-order valence-electron chi connectivity index (χ4n) is 2.75. The van der Waals surface area contributed by atoms with Gasteiger partial charge in [-0.15, -0.1) is 0 Å². The number of hydrogen-bond donors (Lipinski definition) is 1. The van der Waals surface area contributed by atoms with Gasteiger partial charge in [-0.1, -0.05) is 30.3 Å². The molecule has 4 nitrogen and oxygen atoms in total. The summed E-state index contributed by atoms with van der Waals surface area (Å²) in [4.78, 5) is 14.4. The first-order valence-corrected chi connectivity index (χ1v) is 7.26. The number of hydrogen-bond acceptors (Lipinski definition) is 3. The van der Waals surface area contributed by atoms with Crippen LogP contribution in [0.15, 0.2) is 30.3 Å². The molecule has 1 aliphatic rings. The summed E-state index contributed by atoms with van der Waals surface area (Å²) in [6, 6.07) is 9.68. The molecule has 1 saturated heterocycles. The molecule has 1 aliphatic heterocycles. The molecule has 0 spiro atoms. The van der Waals surface area contributed by atoms with E-state index in [9.17, 15) is 4.79 Å². The highest BCUT2D eigenvalue weighted by Gasteiger charge is 2.25. The van der Waals surface area contributed by atoms with Crippen LogP contribution in [0.5, 0.6) is 0 Å². The van der Waals surface area contributed by atoms with Crippen molar-refractivity contribution in [2.24, 2.45) is 5.92 Å². The van der Waals surface area contributed by atoms with Crippen molar-refractivity contribution in [1.29, 1.82) is 0 Å². The lowest BCUT2D eigenvalue weighted by molar-refractivity contribution is -0.141. The molecule has 0 aliphatic carbocycles. The van der Waals surface area contributed by atoms with Crippen molar-refractivity contribution >= 4 is 5.91 Å². The Balaban J connectivity index is 1.97. The van der Waals surface area contributed by atoms with Crippen molar-refractivity contribution in [3.8, 4) is 0 Å². The van der Waals surface area contributed by atoms with Crippen LogP contribution in [0.4, 0.5) is 0 Å². The fourth-order valence-corrected chi connectivity index (χ4v) is 2.75. The van der Waals surface area contributed by atoms with E-state index in [1.807, 2.05) is 42.3 Å². The van der Waals surface area contributed by atoms with E-state index in [1.54, 1.807) is 7.11 Å². The number of nitrogens with zero attached hydrogens (tertiary/aromatic N) is 1. The number of ether oxygens (including phenoxy) is 1. The molecular weight excluding hydrogens is 252 g/mol. The van der Waals surface area contributed by atoms with Crippen LogP contribution in [-0.2, 0) is 9.53 Å². The van der Waals surface area contributed by atoms with Crippen LogP contribution < -0.4 is 5.32 Å². The maximum absolute atomic E-state index is 12.5.